The van der Waals surface area contributed by atoms with Crippen molar-refractivity contribution in [1.29, 1.82) is 0 Å². The summed E-state index contributed by atoms with van der Waals surface area (Å²) in [7, 11) is 1.62. The lowest BCUT2D eigenvalue weighted by molar-refractivity contribution is -0.132. The van der Waals surface area contributed by atoms with E-state index in [2.05, 4.69) is 20.4 Å². The van der Waals surface area contributed by atoms with Crippen LogP contribution in [0.4, 0.5) is 11.4 Å². The second-order valence-corrected chi connectivity index (χ2v) is 3.47. The molecule has 0 aliphatic heterocycles. The molecule has 0 bridgehead atoms. The molecule has 0 heterocycles. The minimum Gasteiger partial charge on any atom is -0.445 e. The molecule has 1 aromatic rings. The number of amides is 1. The third-order valence-corrected chi connectivity index (χ3v) is 1.83. The maximum absolute atomic E-state index is 10.8. The second-order valence-electron chi connectivity index (χ2n) is 3.47. The number of hydrogen-bond acceptors (Lipinski definition) is 5. The molecule has 1 N–H and O–H groups in total. The van der Waals surface area contributed by atoms with E-state index in [1.54, 1.807) is 31.3 Å². The highest BCUT2D eigenvalue weighted by Gasteiger charge is 1.96. The number of hydrogen-bond donors (Lipinski definition) is 1. The Hall–Kier alpha value is -2.44. The summed E-state index contributed by atoms with van der Waals surface area (Å²) in [6, 6.07) is 6.86. The first-order valence-corrected chi connectivity index (χ1v) is 5.17. The molecule has 7 heteroatoms. The highest BCUT2D eigenvalue weighted by molar-refractivity contribution is 5.88. The van der Waals surface area contributed by atoms with Crippen LogP contribution in [0, 0.1) is 0 Å². The summed E-state index contributed by atoms with van der Waals surface area (Å²) in [5, 5.41) is 11.7. The predicted molar refractivity (Wildman–Crippen MR) is 65.0 cm³/mol. The number of nitrogens with one attached hydrogen (secondary N) is 1. The molecule has 1 rings (SSSR count). The topological polar surface area (TPSA) is 83.4 Å². The van der Waals surface area contributed by atoms with Gasteiger partial charge in [0, 0.05) is 19.7 Å². The van der Waals surface area contributed by atoms with Crippen LogP contribution < -0.4 is 5.32 Å². The fourth-order valence-corrected chi connectivity index (χ4v) is 1.11. The van der Waals surface area contributed by atoms with Crippen LogP contribution in [-0.2, 0) is 14.3 Å². The molecule has 0 aliphatic carbocycles. The number of benzene rings is 1. The zero-order valence-electron chi connectivity index (χ0n) is 10.2. The van der Waals surface area contributed by atoms with Crippen LogP contribution in [0.15, 0.2) is 34.6 Å². The zero-order valence-corrected chi connectivity index (χ0v) is 10.2. The van der Waals surface area contributed by atoms with Gasteiger partial charge in [-0.2, -0.15) is 0 Å². The first kappa shape index (κ1) is 13.6. The zero-order chi connectivity index (χ0) is 13.4. The molecule has 0 aromatic heterocycles. The number of anilines is 1. The van der Waals surface area contributed by atoms with Gasteiger partial charge in [-0.1, -0.05) is 5.22 Å². The molecule has 0 fully saturated rings. The van der Waals surface area contributed by atoms with Crippen molar-refractivity contribution in [3.8, 4) is 0 Å². The second kappa shape index (κ2) is 7.00. The van der Waals surface area contributed by atoms with Crippen LogP contribution in [0.5, 0.6) is 0 Å². The van der Waals surface area contributed by atoms with Crippen molar-refractivity contribution in [1.82, 2.24) is 5.01 Å². The normalized spacial score (nSPS) is 10.1. The fourth-order valence-electron chi connectivity index (χ4n) is 1.11. The molecule has 18 heavy (non-hydrogen) atoms. The van der Waals surface area contributed by atoms with Crippen LogP contribution in [0.1, 0.15) is 6.92 Å². The Balaban J connectivity index is 2.54. The smallest absolute Gasteiger partial charge is 0.294 e. The Kier molecular flexibility index (Phi) is 5.30. The van der Waals surface area contributed by atoms with Crippen molar-refractivity contribution in [2.75, 3.05) is 19.1 Å². The molecule has 7 nitrogen and oxygen atoms in total. The highest BCUT2D eigenvalue weighted by atomic mass is 16.5. The molecule has 96 valence electrons. The molecule has 0 atom stereocenters. The Morgan fingerprint density at radius 3 is 2.67 bits per heavy atom. The number of nitrogens with zero attached hydrogens (tertiary/aromatic N) is 3. The van der Waals surface area contributed by atoms with Gasteiger partial charge in [-0.3, -0.25) is 9.59 Å². The molecule has 0 aliphatic rings. The molecule has 0 unspecified atom stereocenters. The van der Waals surface area contributed by atoms with Gasteiger partial charge < -0.3 is 10.1 Å². The van der Waals surface area contributed by atoms with Gasteiger partial charge in [-0.05, 0) is 24.3 Å². The Morgan fingerprint density at radius 1 is 1.44 bits per heavy atom. The fraction of sp³-hybridized carbons (Fsp3) is 0.273. The third-order valence-electron chi connectivity index (χ3n) is 1.83. The van der Waals surface area contributed by atoms with Gasteiger partial charge in [0.15, 0.2) is 6.73 Å². The average molecular weight is 250 g/mol. The quantitative estimate of drug-likeness (QED) is 0.360. The summed E-state index contributed by atoms with van der Waals surface area (Å²) >= 11 is 0. The molecular formula is C11H14N4O3. The molecule has 1 amide bonds. The van der Waals surface area contributed by atoms with Crippen LogP contribution in [0.2, 0.25) is 0 Å². The molecule has 0 saturated heterocycles. The van der Waals surface area contributed by atoms with Gasteiger partial charge in [-0.15, -0.1) is 5.11 Å². The minimum absolute atomic E-state index is 0.0387. The predicted octanol–water partition coefficient (Wildman–Crippen LogP) is 1.71. The van der Waals surface area contributed by atoms with E-state index in [4.69, 9.17) is 0 Å². The highest BCUT2D eigenvalue weighted by Crippen LogP contribution is 2.16. The van der Waals surface area contributed by atoms with Crippen LogP contribution in [0.25, 0.3) is 0 Å². The summed E-state index contributed by atoms with van der Waals surface area (Å²) in [6.45, 7) is 1.82. The number of carbonyl (C=O) groups is 2. The molecule has 0 radical (unpaired) electrons. The monoisotopic (exact) mass is 250 g/mol. The number of rotatable bonds is 6. The standard InChI is InChI=1S/C11H14N4O3/c1-9(17)12-10-3-5-11(6-4-10)13-14-15(2)7-18-8-16/h3-6,8H,7H2,1-2H3,(H,12,17). The summed E-state index contributed by atoms with van der Waals surface area (Å²) in [5.74, 6) is -0.130. The number of ether oxygens (including phenoxy) is 1. The lowest BCUT2D eigenvalue weighted by atomic mass is 10.3. The Morgan fingerprint density at radius 2 is 2.11 bits per heavy atom. The van der Waals surface area contributed by atoms with Crippen LogP contribution in [-0.4, -0.2) is 31.2 Å². The van der Waals surface area contributed by atoms with Crippen molar-refractivity contribution >= 4 is 23.8 Å². The maximum Gasteiger partial charge on any atom is 0.294 e. The van der Waals surface area contributed by atoms with E-state index in [1.807, 2.05) is 0 Å². The van der Waals surface area contributed by atoms with E-state index in [1.165, 1.54) is 11.9 Å². The third kappa shape index (κ3) is 5.06. The van der Waals surface area contributed by atoms with E-state index in [0.29, 0.717) is 17.8 Å². The van der Waals surface area contributed by atoms with Crippen molar-refractivity contribution in [3.63, 3.8) is 0 Å². The van der Waals surface area contributed by atoms with Gasteiger partial charge in [0.1, 0.15) is 0 Å². The first-order chi connectivity index (χ1) is 8.61. The molecule has 0 spiro atoms. The largest absolute Gasteiger partial charge is 0.445 e. The van der Waals surface area contributed by atoms with Crippen LogP contribution >= 0.6 is 0 Å². The van der Waals surface area contributed by atoms with E-state index in [9.17, 15) is 9.59 Å². The lowest BCUT2D eigenvalue weighted by Gasteiger charge is -2.08. The summed E-state index contributed by atoms with van der Waals surface area (Å²) in [5.41, 5.74) is 1.32. The average Bonchev–Trinajstić information content (AvgIpc) is 2.35. The van der Waals surface area contributed by atoms with E-state index in [0.717, 1.165) is 0 Å². The molecule has 0 saturated carbocycles. The van der Waals surface area contributed by atoms with Gasteiger partial charge in [0.05, 0.1) is 5.69 Å². The van der Waals surface area contributed by atoms with E-state index in [-0.39, 0.29) is 12.6 Å². The maximum atomic E-state index is 10.8. The summed E-state index contributed by atoms with van der Waals surface area (Å²) in [4.78, 5) is 20.8. The van der Waals surface area contributed by atoms with Crippen molar-refractivity contribution < 1.29 is 14.3 Å². The lowest BCUT2D eigenvalue weighted by Crippen LogP contribution is -2.13. The number of carbonyl (C=O) groups excluding carboxylic acids is 2. The summed E-state index contributed by atoms with van der Waals surface area (Å²) in [6.07, 6.45) is 0. The van der Waals surface area contributed by atoms with Crippen LogP contribution in [0.3, 0.4) is 0 Å². The molecular weight excluding hydrogens is 236 g/mol. The Bertz CT molecular complexity index is 430. The van der Waals surface area contributed by atoms with Crippen molar-refractivity contribution in [2.24, 2.45) is 10.3 Å². The van der Waals surface area contributed by atoms with Crippen molar-refractivity contribution in [3.05, 3.63) is 24.3 Å². The Labute approximate surface area is 104 Å². The SMILES string of the molecule is CC(=O)Nc1ccc(N=NN(C)COC=O)cc1. The van der Waals surface area contributed by atoms with Gasteiger partial charge >= 0.3 is 0 Å². The minimum atomic E-state index is -0.130. The first-order valence-electron chi connectivity index (χ1n) is 5.17. The summed E-state index contributed by atoms with van der Waals surface area (Å²) < 4.78 is 4.49. The van der Waals surface area contributed by atoms with Gasteiger partial charge in [-0.25, -0.2) is 5.01 Å². The van der Waals surface area contributed by atoms with Gasteiger partial charge in [0.2, 0.25) is 5.91 Å². The molecule has 1 aromatic carbocycles. The van der Waals surface area contributed by atoms with Gasteiger partial charge in [0.25, 0.3) is 6.47 Å². The van der Waals surface area contributed by atoms with Crippen molar-refractivity contribution in [2.45, 2.75) is 6.92 Å². The van der Waals surface area contributed by atoms with E-state index < -0.39 is 0 Å². The van der Waals surface area contributed by atoms with E-state index >= 15 is 0 Å².